The molecule has 0 unspecified atom stereocenters. The maximum absolute atomic E-state index is 11.9. The second-order valence-corrected chi connectivity index (χ2v) is 7.89. The molecule has 0 aliphatic rings. The summed E-state index contributed by atoms with van der Waals surface area (Å²) in [5.41, 5.74) is 1.98. The predicted molar refractivity (Wildman–Crippen MR) is 97.9 cm³/mol. The summed E-state index contributed by atoms with van der Waals surface area (Å²) in [6.07, 6.45) is 4.57. The van der Waals surface area contributed by atoms with Crippen molar-refractivity contribution in [2.45, 2.75) is 11.9 Å². The summed E-state index contributed by atoms with van der Waals surface area (Å²) in [6, 6.07) is 4.78. The van der Waals surface area contributed by atoms with Crippen molar-refractivity contribution in [2.75, 3.05) is 18.7 Å². The van der Waals surface area contributed by atoms with Gasteiger partial charge in [0.2, 0.25) is 5.91 Å². The van der Waals surface area contributed by atoms with Gasteiger partial charge in [-0.25, -0.2) is 18.4 Å². The Morgan fingerprint density at radius 1 is 1.27 bits per heavy atom. The van der Waals surface area contributed by atoms with E-state index >= 15 is 0 Å². The lowest BCUT2D eigenvalue weighted by Gasteiger charge is -2.07. The highest BCUT2D eigenvalue weighted by Gasteiger charge is 2.17. The molecule has 0 saturated carbocycles. The number of amides is 1. The minimum Gasteiger partial charge on any atom is -0.497 e. The predicted octanol–water partition coefficient (Wildman–Crippen LogP) is 2.01. The van der Waals surface area contributed by atoms with Crippen LogP contribution in [-0.2, 0) is 21.7 Å². The van der Waals surface area contributed by atoms with Gasteiger partial charge in [-0.2, -0.15) is 0 Å². The van der Waals surface area contributed by atoms with Gasteiger partial charge >= 0.3 is 0 Å². The maximum atomic E-state index is 11.9. The quantitative estimate of drug-likeness (QED) is 0.749. The number of hydrogen-bond donors (Lipinski definition) is 1. The first kappa shape index (κ1) is 17.9. The Kier molecular flexibility index (Phi) is 4.41. The number of hydrogen-bond acceptors (Lipinski definition) is 6. The van der Waals surface area contributed by atoms with Crippen LogP contribution in [0.3, 0.4) is 0 Å². The minimum absolute atomic E-state index is 0.0695. The average molecular weight is 374 g/mol. The summed E-state index contributed by atoms with van der Waals surface area (Å²) < 4.78 is 31.0. The fourth-order valence-corrected chi connectivity index (χ4v) is 3.25. The Bertz CT molecular complexity index is 1120. The van der Waals surface area contributed by atoms with E-state index in [0.29, 0.717) is 22.8 Å². The van der Waals surface area contributed by atoms with Crippen LogP contribution in [0, 0.1) is 0 Å². The molecule has 8 nitrogen and oxygen atoms in total. The second-order valence-electron chi connectivity index (χ2n) is 5.92. The van der Waals surface area contributed by atoms with Gasteiger partial charge in [-0.15, -0.1) is 0 Å². The molecule has 0 bridgehead atoms. The molecule has 0 radical (unpaired) electrons. The number of fused-ring (bicyclic) bond motifs is 1. The van der Waals surface area contributed by atoms with E-state index in [4.69, 9.17) is 4.74 Å². The fraction of sp³-hybridized carbons (Fsp3) is 0.235. The Morgan fingerprint density at radius 3 is 2.62 bits per heavy atom. The van der Waals surface area contributed by atoms with Crippen LogP contribution in [0.4, 0.5) is 5.82 Å². The molecule has 136 valence electrons. The van der Waals surface area contributed by atoms with E-state index in [1.54, 1.807) is 18.3 Å². The number of carbonyl (C=O) groups excluding carboxylic acids is 1. The molecule has 0 spiro atoms. The van der Waals surface area contributed by atoms with Gasteiger partial charge in [0.25, 0.3) is 0 Å². The molecular formula is C17H18N4O4S. The van der Waals surface area contributed by atoms with Crippen LogP contribution in [0.2, 0.25) is 0 Å². The molecule has 3 aromatic heterocycles. The molecule has 0 aliphatic heterocycles. The Balaban J connectivity index is 2.26. The topological polar surface area (TPSA) is 103 Å². The molecule has 1 amide bonds. The van der Waals surface area contributed by atoms with Crippen molar-refractivity contribution in [3.63, 3.8) is 0 Å². The number of aryl methyl sites for hydroxylation is 1. The van der Waals surface area contributed by atoms with Crippen LogP contribution in [0.1, 0.15) is 6.92 Å². The van der Waals surface area contributed by atoms with E-state index in [0.717, 1.165) is 17.2 Å². The van der Waals surface area contributed by atoms with E-state index in [2.05, 4.69) is 15.3 Å². The van der Waals surface area contributed by atoms with Crippen LogP contribution >= 0.6 is 0 Å². The first-order chi connectivity index (χ1) is 12.2. The highest BCUT2D eigenvalue weighted by Crippen LogP contribution is 2.32. The third-order valence-electron chi connectivity index (χ3n) is 3.85. The third-order valence-corrected chi connectivity index (χ3v) is 4.82. The molecule has 3 aromatic rings. The summed E-state index contributed by atoms with van der Waals surface area (Å²) in [5, 5.41) is 3.36. The number of pyridine rings is 2. The number of nitrogens with zero attached hydrogens (tertiary/aromatic N) is 3. The smallest absolute Gasteiger partial charge is 0.222 e. The number of rotatable bonds is 4. The summed E-state index contributed by atoms with van der Waals surface area (Å²) >= 11 is 0. The molecular weight excluding hydrogens is 356 g/mol. The fourth-order valence-electron chi connectivity index (χ4n) is 2.66. The highest BCUT2D eigenvalue weighted by atomic mass is 32.2. The van der Waals surface area contributed by atoms with Gasteiger partial charge in [-0.1, -0.05) is 0 Å². The van der Waals surface area contributed by atoms with Crippen molar-refractivity contribution in [3.8, 4) is 17.0 Å². The molecule has 3 heterocycles. The molecule has 0 saturated heterocycles. The standard InChI is InChI=1S/C17H18N4O4S/c1-10(22)19-16-7-12-13(9-21(2)15(12)8-18-16)14-5-11(25-3)6-17(20-14)26(4,23)24/h5-9H,1-4H3,(H,18,19,22). The second kappa shape index (κ2) is 6.41. The zero-order chi connectivity index (χ0) is 19.1. The third kappa shape index (κ3) is 3.38. The number of anilines is 1. The number of carbonyl (C=O) groups is 1. The number of sulfone groups is 1. The Labute approximate surface area is 150 Å². The number of methoxy groups -OCH3 is 1. The summed E-state index contributed by atoms with van der Waals surface area (Å²) in [4.78, 5) is 19.8. The van der Waals surface area contributed by atoms with Crippen LogP contribution in [0.5, 0.6) is 5.75 Å². The monoisotopic (exact) mass is 374 g/mol. The Hall–Kier alpha value is -2.94. The minimum atomic E-state index is -3.50. The lowest BCUT2D eigenvalue weighted by Crippen LogP contribution is -2.07. The van der Waals surface area contributed by atoms with Gasteiger partial charge < -0.3 is 14.6 Å². The van der Waals surface area contributed by atoms with Crippen molar-refractivity contribution < 1.29 is 17.9 Å². The highest BCUT2D eigenvalue weighted by molar-refractivity contribution is 7.90. The molecule has 1 N–H and O–H groups in total. The van der Waals surface area contributed by atoms with E-state index in [-0.39, 0.29) is 10.9 Å². The summed E-state index contributed by atoms with van der Waals surface area (Å²) in [6.45, 7) is 1.40. The van der Waals surface area contributed by atoms with Gasteiger partial charge in [0.1, 0.15) is 11.6 Å². The van der Waals surface area contributed by atoms with Crippen molar-refractivity contribution in [2.24, 2.45) is 7.05 Å². The van der Waals surface area contributed by atoms with Crippen molar-refractivity contribution >= 4 is 32.5 Å². The molecule has 0 aliphatic carbocycles. The zero-order valence-electron chi connectivity index (χ0n) is 14.8. The van der Waals surface area contributed by atoms with Gasteiger partial charge in [-0.05, 0) is 6.07 Å². The van der Waals surface area contributed by atoms with Gasteiger partial charge in [0.05, 0.1) is 24.5 Å². The SMILES string of the molecule is COc1cc(-c2cn(C)c3cnc(NC(C)=O)cc23)nc(S(C)(=O)=O)c1. The van der Waals surface area contributed by atoms with Crippen LogP contribution < -0.4 is 10.1 Å². The number of aromatic nitrogens is 3. The molecule has 0 atom stereocenters. The van der Waals surface area contributed by atoms with E-state index < -0.39 is 9.84 Å². The van der Waals surface area contributed by atoms with E-state index in [9.17, 15) is 13.2 Å². The van der Waals surface area contributed by atoms with Crippen molar-refractivity contribution in [1.29, 1.82) is 0 Å². The lowest BCUT2D eigenvalue weighted by atomic mass is 10.1. The maximum Gasteiger partial charge on any atom is 0.222 e. The first-order valence-electron chi connectivity index (χ1n) is 7.68. The molecule has 0 fully saturated rings. The number of ether oxygens (including phenoxy) is 1. The molecule has 3 rings (SSSR count). The first-order valence-corrected chi connectivity index (χ1v) is 9.57. The molecule has 0 aromatic carbocycles. The van der Waals surface area contributed by atoms with E-state index in [1.165, 1.54) is 20.1 Å². The van der Waals surface area contributed by atoms with Crippen molar-refractivity contribution in [1.82, 2.24) is 14.5 Å². The van der Waals surface area contributed by atoms with Gasteiger partial charge in [0, 0.05) is 49.5 Å². The van der Waals surface area contributed by atoms with Crippen LogP contribution in [0.25, 0.3) is 22.2 Å². The van der Waals surface area contributed by atoms with Gasteiger partial charge in [0.15, 0.2) is 14.9 Å². The summed E-state index contributed by atoms with van der Waals surface area (Å²) in [5.74, 6) is 0.570. The Morgan fingerprint density at radius 2 is 2.00 bits per heavy atom. The largest absolute Gasteiger partial charge is 0.497 e. The summed E-state index contributed by atoms with van der Waals surface area (Å²) in [7, 11) is -0.188. The van der Waals surface area contributed by atoms with Crippen LogP contribution in [-0.4, -0.2) is 42.2 Å². The molecule has 26 heavy (non-hydrogen) atoms. The zero-order valence-corrected chi connectivity index (χ0v) is 15.6. The lowest BCUT2D eigenvalue weighted by molar-refractivity contribution is -0.114. The van der Waals surface area contributed by atoms with E-state index in [1.807, 2.05) is 17.8 Å². The van der Waals surface area contributed by atoms with Gasteiger partial charge in [-0.3, -0.25) is 4.79 Å². The van der Waals surface area contributed by atoms with Crippen molar-refractivity contribution in [3.05, 3.63) is 30.6 Å². The van der Waals surface area contributed by atoms with Crippen LogP contribution in [0.15, 0.2) is 35.6 Å². The molecule has 9 heteroatoms. The normalized spacial score (nSPS) is 11.5. The number of nitrogens with one attached hydrogen (secondary N) is 1. The average Bonchev–Trinajstić information content (AvgIpc) is 2.89.